The molecule has 1 aromatic rings. The number of aromatic nitrogens is 2. The van der Waals surface area contributed by atoms with Gasteiger partial charge in [0.2, 0.25) is 0 Å². The van der Waals surface area contributed by atoms with Crippen molar-refractivity contribution in [2.75, 3.05) is 54.5 Å². The van der Waals surface area contributed by atoms with Crippen LogP contribution >= 0.6 is 0 Å². The highest BCUT2D eigenvalue weighted by atomic mass is 16.5. The van der Waals surface area contributed by atoms with Gasteiger partial charge in [-0.1, -0.05) is 0 Å². The van der Waals surface area contributed by atoms with Gasteiger partial charge in [-0.25, -0.2) is 0 Å². The van der Waals surface area contributed by atoms with E-state index in [-0.39, 0.29) is 6.04 Å². The fourth-order valence-corrected chi connectivity index (χ4v) is 2.98. The molecule has 1 aliphatic rings. The molecule has 23 heavy (non-hydrogen) atoms. The van der Waals surface area contributed by atoms with Crippen LogP contribution in [0.2, 0.25) is 0 Å². The Labute approximate surface area is 139 Å². The zero-order valence-electron chi connectivity index (χ0n) is 15.0. The van der Waals surface area contributed by atoms with Crippen LogP contribution in [0.1, 0.15) is 18.0 Å². The molecule has 0 radical (unpaired) electrons. The van der Waals surface area contributed by atoms with Crippen molar-refractivity contribution in [3.8, 4) is 0 Å². The van der Waals surface area contributed by atoms with Gasteiger partial charge in [-0.15, -0.1) is 0 Å². The lowest BCUT2D eigenvalue weighted by Gasteiger charge is -2.28. The third-order valence-corrected chi connectivity index (χ3v) is 4.32. The Morgan fingerprint density at radius 2 is 2.30 bits per heavy atom. The molecular formula is C16H30N6O. The fraction of sp³-hybridized carbons (Fsp3) is 0.750. The van der Waals surface area contributed by atoms with Crippen molar-refractivity contribution in [3.63, 3.8) is 0 Å². The highest BCUT2D eigenvalue weighted by Gasteiger charge is 2.21. The zero-order valence-corrected chi connectivity index (χ0v) is 15.0. The molecule has 0 bridgehead atoms. The number of aryl methyl sites for hydroxylation is 1. The molecule has 0 amide bonds. The largest absolute Gasteiger partial charge is 0.381 e. The molecule has 7 nitrogen and oxygen atoms in total. The number of hydrogen-bond donors (Lipinski definition) is 1. The Morgan fingerprint density at radius 3 is 2.83 bits per heavy atom. The minimum absolute atomic E-state index is 0.253. The predicted octanol–water partition coefficient (Wildman–Crippen LogP) is 0.567. The van der Waals surface area contributed by atoms with Crippen LogP contribution in [0, 0.1) is 5.92 Å². The smallest absolute Gasteiger partial charge is 0.193 e. The molecule has 1 saturated heterocycles. The predicted molar refractivity (Wildman–Crippen MR) is 92.6 cm³/mol. The summed E-state index contributed by atoms with van der Waals surface area (Å²) in [5.41, 5.74) is 1.20. The molecule has 0 aliphatic carbocycles. The van der Waals surface area contributed by atoms with Crippen molar-refractivity contribution in [2.45, 2.75) is 12.5 Å². The summed E-state index contributed by atoms with van der Waals surface area (Å²) < 4.78 is 7.30. The fourth-order valence-electron chi connectivity index (χ4n) is 2.98. The number of rotatable bonds is 6. The van der Waals surface area contributed by atoms with Crippen LogP contribution in [0.15, 0.2) is 17.4 Å². The van der Waals surface area contributed by atoms with E-state index in [4.69, 9.17) is 4.74 Å². The van der Waals surface area contributed by atoms with E-state index in [0.29, 0.717) is 5.92 Å². The average molecular weight is 322 g/mol. The summed E-state index contributed by atoms with van der Waals surface area (Å²) in [6.07, 6.45) is 5.13. The van der Waals surface area contributed by atoms with E-state index < -0.39 is 0 Å². The van der Waals surface area contributed by atoms with Crippen LogP contribution < -0.4 is 5.32 Å². The van der Waals surface area contributed by atoms with Crippen molar-refractivity contribution in [1.82, 2.24) is 24.9 Å². The minimum Gasteiger partial charge on any atom is -0.381 e. The summed E-state index contributed by atoms with van der Waals surface area (Å²) >= 11 is 0. The Kier molecular flexibility index (Phi) is 6.41. The van der Waals surface area contributed by atoms with Crippen LogP contribution in [0.5, 0.6) is 0 Å². The average Bonchev–Trinajstić information content (AvgIpc) is 3.15. The highest BCUT2D eigenvalue weighted by molar-refractivity contribution is 5.79. The van der Waals surface area contributed by atoms with Crippen LogP contribution in [-0.4, -0.2) is 80.0 Å². The van der Waals surface area contributed by atoms with Gasteiger partial charge in [0.1, 0.15) is 0 Å². The molecule has 0 spiro atoms. The SMILES string of the molecule is CN=C(NCC(c1cnn(C)c1)N(C)C)N(C)CC1CCOC1. The molecule has 1 aromatic heterocycles. The van der Waals surface area contributed by atoms with Gasteiger partial charge in [-0.05, 0) is 20.5 Å². The topological polar surface area (TPSA) is 57.9 Å². The van der Waals surface area contributed by atoms with Crippen LogP contribution in [0.25, 0.3) is 0 Å². The number of aliphatic imine (C=N–C) groups is 1. The number of nitrogens with one attached hydrogen (secondary N) is 1. The molecule has 2 rings (SSSR count). The molecule has 0 aromatic carbocycles. The van der Waals surface area contributed by atoms with Gasteiger partial charge >= 0.3 is 0 Å². The summed E-state index contributed by atoms with van der Waals surface area (Å²) in [6, 6.07) is 0.253. The van der Waals surface area contributed by atoms with Crippen molar-refractivity contribution in [1.29, 1.82) is 0 Å². The van der Waals surface area contributed by atoms with Gasteiger partial charge in [0.05, 0.1) is 18.8 Å². The van der Waals surface area contributed by atoms with Gasteiger partial charge in [-0.2, -0.15) is 5.10 Å². The van der Waals surface area contributed by atoms with Gasteiger partial charge in [-0.3, -0.25) is 9.67 Å². The molecule has 2 atom stereocenters. The van der Waals surface area contributed by atoms with Crippen molar-refractivity contribution in [3.05, 3.63) is 18.0 Å². The molecule has 0 saturated carbocycles. The zero-order chi connectivity index (χ0) is 16.8. The first-order valence-corrected chi connectivity index (χ1v) is 8.15. The molecule has 2 unspecified atom stereocenters. The van der Waals surface area contributed by atoms with Crippen molar-refractivity contribution < 1.29 is 4.74 Å². The summed E-state index contributed by atoms with van der Waals surface area (Å²) in [6.45, 7) is 3.50. The lowest BCUT2D eigenvalue weighted by atomic mass is 10.1. The summed E-state index contributed by atoms with van der Waals surface area (Å²) in [4.78, 5) is 8.80. The maximum atomic E-state index is 5.46. The maximum Gasteiger partial charge on any atom is 0.193 e. The van der Waals surface area contributed by atoms with Crippen LogP contribution in [0.3, 0.4) is 0 Å². The molecule has 1 fully saturated rings. The number of nitrogens with zero attached hydrogens (tertiary/aromatic N) is 5. The number of hydrogen-bond acceptors (Lipinski definition) is 4. The molecule has 1 N–H and O–H groups in total. The quantitative estimate of drug-likeness (QED) is 0.613. The van der Waals surface area contributed by atoms with Gasteiger partial charge in [0, 0.05) is 58.5 Å². The third kappa shape index (κ3) is 4.94. The number of likely N-dealkylation sites (N-methyl/N-ethyl adjacent to an activating group) is 1. The minimum atomic E-state index is 0.253. The summed E-state index contributed by atoms with van der Waals surface area (Å²) in [5.74, 6) is 1.52. The highest BCUT2D eigenvalue weighted by Crippen LogP contribution is 2.17. The molecule has 7 heteroatoms. The lowest BCUT2D eigenvalue weighted by molar-refractivity contribution is 0.181. The van der Waals surface area contributed by atoms with Crippen molar-refractivity contribution >= 4 is 5.96 Å². The lowest BCUT2D eigenvalue weighted by Crippen LogP contribution is -2.44. The summed E-state index contributed by atoms with van der Waals surface area (Å²) in [7, 11) is 10.0. The normalized spacial score (nSPS) is 20.1. The second-order valence-electron chi connectivity index (χ2n) is 6.46. The Morgan fingerprint density at radius 1 is 1.52 bits per heavy atom. The summed E-state index contributed by atoms with van der Waals surface area (Å²) in [5, 5.41) is 7.77. The van der Waals surface area contributed by atoms with E-state index in [1.165, 1.54) is 5.56 Å². The maximum absolute atomic E-state index is 5.46. The van der Waals surface area contributed by atoms with E-state index in [1.807, 2.05) is 25.0 Å². The molecule has 2 heterocycles. The van der Waals surface area contributed by atoms with E-state index in [9.17, 15) is 0 Å². The first kappa shape index (κ1) is 17.7. The van der Waals surface area contributed by atoms with Gasteiger partial charge in [0.15, 0.2) is 5.96 Å². The van der Waals surface area contributed by atoms with Gasteiger partial charge < -0.3 is 19.9 Å². The Balaban J connectivity index is 1.92. The van der Waals surface area contributed by atoms with Crippen molar-refractivity contribution in [2.24, 2.45) is 18.0 Å². The van der Waals surface area contributed by atoms with E-state index >= 15 is 0 Å². The Bertz CT molecular complexity index is 506. The third-order valence-electron chi connectivity index (χ3n) is 4.32. The standard InChI is InChI=1S/C16H30N6O/c1-17-16(21(4)10-13-6-7-23-12-13)18-9-15(20(2)3)14-8-19-22(5)11-14/h8,11,13,15H,6-7,9-10,12H2,1-5H3,(H,17,18). The van der Waals surface area contributed by atoms with Gasteiger partial charge in [0.25, 0.3) is 0 Å². The molecule has 130 valence electrons. The monoisotopic (exact) mass is 322 g/mol. The number of guanidine groups is 1. The molecular weight excluding hydrogens is 292 g/mol. The Hall–Kier alpha value is -1.60. The first-order chi connectivity index (χ1) is 11.0. The van der Waals surface area contributed by atoms with E-state index in [0.717, 1.165) is 38.7 Å². The second-order valence-corrected chi connectivity index (χ2v) is 6.46. The van der Waals surface area contributed by atoms with E-state index in [2.05, 4.69) is 52.5 Å². The van der Waals surface area contributed by atoms with Crippen LogP contribution in [0.4, 0.5) is 0 Å². The van der Waals surface area contributed by atoms with Crippen LogP contribution in [-0.2, 0) is 11.8 Å². The van der Waals surface area contributed by atoms with E-state index in [1.54, 1.807) is 0 Å². The molecule has 1 aliphatic heterocycles. The number of ether oxygens (including phenoxy) is 1. The second kappa shape index (κ2) is 8.31. The first-order valence-electron chi connectivity index (χ1n) is 8.15.